The number of nitrogens with zero attached hydrogens (tertiary/aromatic N) is 3. The van der Waals surface area contributed by atoms with Crippen LogP contribution in [0.5, 0.6) is 5.75 Å². The highest BCUT2D eigenvalue weighted by Crippen LogP contribution is 2.61. The summed E-state index contributed by atoms with van der Waals surface area (Å²) in [6.07, 6.45) is 7.41. The van der Waals surface area contributed by atoms with Crippen LogP contribution in [0.2, 0.25) is 0 Å². The summed E-state index contributed by atoms with van der Waals surface area (Å²) in [5, 5.41) is 19.2. The monoisotopic (exact) mass is 1240 g/mol. The summed E-state index contributed by atoms with van der Waals surface area (Å²) in [5.41, 5.74) is 34.3. The number of nitrogens with two attached hydrogens (primary N) is 6. The van der Waals surface area contributed by atoms with Crippen LogP contribution >= 0.6 is 0 Å². The number of benzene rings is 2. The predicted octanol–water partition coefficient (Wildman–Crippen LogP) is -0.605. The van der Waals surface area contributed by atoms with Gasteiger partial charge in [-0.1, -0.05) is 63.2 Å². The minimum atomic E-state index is -1.66. The fourth-order valence-corrected chi connectivity index (χ4v) is 13.4. The number of rotatable bonds is 35. The molecule has 10 amide bonds. The van der Waals surface area contributed by atoms with Gasteiger partial charge >= 0.3 is 0 Å². The summed E-state index contributed by atoms with van der Waals surface area (Å²) in [6.45, 7) is 7.58. The van der Waals surface area contributed by atoms with E-state index in [0.29, 0.717) is 48.5 Å². The quantitative estimate of drug-likeness (QED) is 0.0233. The lowest BCUT2D eigenvalue weighted by molar-refractivity contribution is -0.143. The number of primary amides is 2. The molecule has 0 unspecified atom stereocenters. The maximum atomic E-state index is 14.7. The molecule has 488 valence electrons. The number of amides is 10. The molecule has 0 radical (unpaired) electrons. The number of ether oxygens (including phenoxy) is 1. The van der Waals surface area contributed by atoms with Crippen LogP contribution in [-0.2, 0) is 60.8 Å². The molecule has 5 fully saturated rings. The van der Waals surface area contributed by atoms with Crippen LogP contribution in [0.4, 0.5) is 0 Å². The van der Waals surface area contributed by atoms with Crippen LogP contribution in [0.3, 0.4) is 0 Å². The van der Waals surface area contributed by atoms with Crippen molar-refractivity contribution in [1.29, 1.82) is 0 Å². The van der Waals surface area contributed by atoms with E-state index in [1.54, 1.807) is 63.2 Å². The number of carbonyl (C=O) groups excluding carboxylic acids is 10. The van der Waals surface area contributed by atoms with E-state index in [0.717, 1.165) is 24.8 Å². The van der Waals surface area contributed by atoms with E-state index in [4.69, 9.17) is 39.1 Å². The molecule has 1 saturated heterocycles. The van der Waals surface area contributed by atoms with Crippen molar-refractivity contribution in [3.63, 3.8) is 0 Å². The molecule has 7 rings (SSSR count). The zero-order chi connectivity index (χ0) is 65.0. The highest BCUT2D eigenvalue weighted by atomic mass is 16.5. The molecule has 2 aromatic carbocycles. The van der Waals surface area contributed by atoms with E-state index in [2.05, 4.69) is 47.2 Å². The first-order chi connectivity index (χ1) is 42.4. The maximum Gasteiger partial charge on any atom is 0.245 e. The molecular weight excluding hydrogens is 1140 g/mol. The Morgan fingerprint density at radius 1 is 0.596 bits per heavy atom. The Morgan fingerprint density at radius 2 is 1.10 bits per heavy atom. The number of likely N-dealkylation sites (tertiary alicyclic amines) is 1. The third-order valence-corrected chi connectivity index (χ3v) is 17.3. The molecule has 4 aliphatic carbocycles. The molecule has 1 aliphatic heterocycles. The van der Waals surface area contributed by atoms with Crippen molar-refractivity contribution in [2.75, 3.05) is 26.2 Å². The van der Waals surface area contributed by atoms with Gasteiger partial charge in [-0.25, -0.2) is 0 Å². The summed E-state index contributed by atoms with van der Waals surface area (Å²) in [4.78, 5) is 149. The van der Waals surface area contributed by atoms with Gasteiger partial charge in [0.2, 0.25) is 59.1 Å². The third-order valence-electron chi connectivity index (χ3n) is 17.3. The first kappa shape index (κ1) is 69.6. The van der Waals surface area contributed by atoms with Crippen LogP contribution in [0.1, 0.15) is 135 Å². The van der Waals surface area contributed by atoms with E-state index >= 15 is 0 Å². The van der Waals surface area contributed by atoms with Gasteiger partial charge in [0.05, 0.1) is 13.0 Å². The number of hydrogen-bond donors (Lipinski definition) is 13. The summed E-state index contributed by atoms with van der Waals surface area (Å²) in [6, 6.07) is 5.98. The van der Waals surface area contributed by atoms with Gasteiger partial charge in [-0.05, 0) is 143 Å². The van der Waals surface area contributed by atoms with Crippen molar-refractivity contribution < 1.29 is 52.7 Å². The van der Waals surface area contributed by atoms with Gasteiger partial charge in [-0.15, -0.1) is 0 Å². The van der Waals surface area contributed by atoms with Crippen molar-refractivity contribution in [1.82, 2.24) is 42.1 Å². The smallest absolute Gasteiger partial charge is 0.245 e. The fraction of sp³-hybridized carbons (Fsp3) is 0.613. The lowest BCUT2D eigenvalue weighted by Crippen LogP contribution is -2.61. The standard InChI is InChI=1S/C62H94N16O11/c1-5-42(59(88)78-24-12-17-48(78)57(86)74-44(16-11-23-70-61(67)68)53(82)73-43(52(64)81)15-10-22-69-60(65)66)72-55(84)47(30-49(63)79)76-58(87)51(35(3)4)77-56(85)46(28-36-13-8-7-9-14-36)75-54(83)45(29-37-18-20-41(21-19-37)89-6-2)71-50(80)34-62-31-38-25-39(32-62)27-40(26-38)33-62/h7-9,13-14,18-21,35,38-40,42-48,51H,5-6,10-12,15-17,22-34H2,1-4H3,(H2,63,79)(H2,64,81)(H,71,80)(H,72,84)(H,73,82)(H,74,86)(H,75,83)(H,76,87)(H,77,85)(H4,65,66,69)(H4,67,68,70)/t38?,39?,40?,42-,43-,44-,45+,46-,47-,48-,51-,62?/m0/s1. The average molecular weight is 1240 g/mol. The van der Waals surface area contributed by atoms with Gasteiger partial charge < -0.3 is 81.3 Å². The molecule has 89 heavy (non-hydrogen) atoms. The third kappa shape index (κ3) is 21.1. The first-order valence-electron chi connectivity index (χ1n) is 31.2. The number of carbonyl (C=O) groups is 10. The average Bonchev–Trinajstić information content (AvgIpc) is 1.45. The van der Waals surface area contributed by atoms with Gasteiger partial charge in [0.1, 0.15) is 54.1 Å². The SMILES string of the molecule is CCOc1ccc(C[C@@H](NC(=O)CC23CC4CC(CC(C4)C2)C3)C(=O)N[C@@H](Cc2ccccc2)C(=O)N[C@H](C(=O)N[C@@H](CC(N)=O)C(=O)N[C@@H](CC)C(=O)N2CCC[C@H]2C(=O)N[C@@H](CCCN=C(N)N)C(=O)N[C@@H](CCCN=C(N)N)C(N)=O)C(C)C)cc1. The van der Waals surface area contributed by atoms with E-state index in [1.165, 1.54) is 24.2 Å². The normalized spacial score (nSPS) is 21.2. The molecule has 8 atom stereocenters. The molecule has 1 heterocycles. The lowest BCUT2D eigenvalue weighted by Gasteiger charge is -2.56. The van der Waals surface area contributed by atoms with Crippen LogP contribution < -0.4 is 76.4 Å². The lowest BCUT2D eigenvalue weighted by atomic mass is 9.49. The zero-order valence-electron chi connectivity index (χ0n) is 51.8. The Balaban J connectivity index is 1.14. The second kappa shape index (κ2) is 33.2. The summed E-state index contributed by atoms with van der Waals surface area (Å²) in [5.74, 6) is -5.90. The maximum absolute atomic E-state index is 14.7. The molecule has 4 bridgehead atoms. The molecule has 2 aromatic rings. The Hall–Kier alpha value is -8.52. The molecule has 19 N–H and O–H groups in total. The molecule has 27 heteroatoms. The number of guanidine groups is 2. The van der Waals surface area contributed by atoms with Crippen molar-refractivity contribution >= 4 is 71.0 Å². The molecule has 27 nitrogen and oxygen atoms in total. The van der Waals surface area contributed by atoms with Crippen molar-refractivity contribution in [3.8, 4) is 5.75 Å². The molecule has 0 spiro atoms. The Labute approximate surface area is 520 Å². The van der Waals surface area contributed by atoms with Crippen molar-refractivity contribution in [2.45, 2.75) is 185 Å². The van der Waals surface area contributed by atoms with Gasteiger partial charge in [0.25, 0.3) is 0 Å². The van der Waals surface area contributed by atoms with Crippen LogP contribution in [-0.4, -0.2) is 150 Å². The van der Waals surface area contributed by atoms with Gasteiger partial charge in [0.15, 0.2) is 11.9 Å². The minimum absolute atomic E-state index is 0.00780. The van der Waals surface area contributed by atoms with E-state index in [1.807, 2.05) is 19.1 Å². The van der Waals surface area contributed by atoms with Crippen molar-refractivity contribution in [2.24, 2.45) is 73.5 Å². The van der Waals surface area contributed by atoms with E-state index < -0.39 is 114 Å². The summed E-state index contributed by atoms with van der Waals surface area (Å²) < 4.78 is 5.65. The zero-order valence-corrected chi connectivity index (χ0v) is 51.8. The highest BCUT2D eigenvalue weighted by molar-refractivity contribution is 5.99. The fourth-order valence-electron chi connectivity index (χ4n) is 13.4. The summed E-state index contributed by atoms with van der Waals surface area (Å²) in [7, 11) is 0. The number of aliphatic imine (C=N–C) groups is 2. The summed E-state index contributed by atoms with van der Waals surface area (Å²) >= 11 is 0. The number of nitrogens with one attached hydrogen (secondary N) is 7. The Bertz CT molecular complexity index is 2830. The Morgan fingerprint density at radius 3 is 1.64 bits per heavy atom. The molecule has 4 saturated carbocycles. The Kier molecular flexibility index (Phi) is 25.9. The van der Waals surface area contributed by atoms with E-state index in [-0.39, 0.29) is 94.2 Å². The van der Waals surface area contributed by atoms with Crippen LogP contribution in [0, 0.1) is 29.1 Å². The second-order valence-electron chi connectivity index (χ2n) is 24.8. The number of hydrogen-bond acceptors (Lipinski definition) is 13. The van der Waals surface area contributed by atoms with Crippen LogP contribution in [0.25, 0.3) is 0 Å². The highest BCUT2D eigenvalue weighted by Gasteiger charge is 2.52. The van der Waals surface area contributed by atoms with Gasteiger partial charge in [-0.3, -0.25) is 57.9 Å². The molecule has 5 aliphatic rings. The van der Waals surface area contributed by atoms with Crippen LogP contribution in [0.15, 0.2) is 64.6 Å². The van der Waals surface area contributed by atoms with Gasteiger partial charge in [-0.2, -0.15) is 0 Å². The molecule has 0 aromatic heterocycles. The predicted molar refractivity (Wildman–Crippen MR) is 333 cm³/mol. The van der Waals surface area contributed by atoms with Crippen molar-refractivity contribution in [3.05, 3.63) is 65.7 Å². The minimum Gasteiger partial charge on any atom is -0.494 e. The largest absolute Gasteiger partial charge is 0.494 e. The van der Waals surface area contributed by atoms with E-state index in [9.17, 15) is 47.9 Å². The second-order valence-corrected chi connectivity index (χ2v) is 24.8. The van der Waals surface area contributed by atoms with Gasteiger partial charge in [0, 0.05) is 38.9 Å². The first-order valence-corrected chi connectivity index (χ1v) is 31.2. The molecular formula is C62H94N16O11. The topological polar surface area (TPSA) is 448 Å².